The Hall–Kier alpha value is -0.610. The van der Waals surface area contributed by atoms with E-state index in [-0.39, 0.29) is 0 Å². The Morgan fingerprint density at radius 1 is 1.20 bits per heavy atom. The fourth-order valence-corrected chi connectivity index (χ4v) is 3.79. The van der Waals surface area contributed by atoms with Crippen LogP contribution in [0.1, 0.15) is 64.7 Å². The second-order valence-corrected chi connectivity index (χ2v) is 6.56. The predicted octanol–water partition coefficient (Wildman–Crippen LogP) is 2.63. The summed E-state index contributed by atoms with van der Waals surface area (Å²) >= 11 is 0. The van der Waals surface area contributed by atoms with Crippen molar-refractivity contribution in [1.82, 2.24) is 10.2 Å². The Balaban J connectivity index is 1.99. The molecule has 2 aliphatic rings. The number of carboxylic acid groups (broad SMARTS) is 1. The number of hydrogen-bond donors (Lipinski definition) is 2. The number of hydrogen-bond acceptors (Lipinski definition) is 3. The fraction of sp³-hybridized carbons (Fsp3) is 0.938. The molecule has 4 nitrogen and oxygen atoms in total. The first kappa shape index (κ1) is 15.8. The molecule has 1 unspecified atom stereocenters. The minimum atomic E-state index is -0.676. The number of rotatable bonds is 5. The summed E-state index contributed by atoms with van der Waals surface area (Å²) in [6.07, 6.45) is 9.76. The minimum Gasteiger partial charge on any atom is -0.480 e. The van der Waals surface area contributed by atoms with E-state index in [2.05, 4.69) is 17.1 Å². The quantitative estimate of drug-likeness (QED) is 0.814. The molecule has 1 aliphatic heterocycles. The van der Waals surface area contributed by atoms with Crippen LogP contribution in [-0.2, 0) is 4.79 Å². The van der Waals surface area contributed by atoms with E-state index in [1.165, 1.54) is 19.3 Å². The Morgan fingerprint density at radius 3 is 2.60 bits per heavy atom. The van der Waals surface area contributed by atoms with E-state index in [1.807, 2.05) is 0 Å². The lowest BCUT2D eigenvalue weighted by atomic mass is 9.86. The number of aliphatic carboxylic acids is 1. The monoisotopic (exact) mass is 282 g/mol. The van der Waals surface area contributed by atoms with Gasteiger partial charge in [-0.3, -0.25) is 10.1 Å². The first-order valence-electron chi connectivity index (χ1n) is 8.40. The Labute approximate surface area is 122 Å². The molecule has 0 aromatic rings. The molecule has 0 aromatic carbocycles. The average Bonchev–Trinajstić information content (AvgIpc) is 2.64. The highest BCUT2D eigenvalue weighted by Crippen LogP contribution is 2.27. The van der Waals surface area contributed by atoms with Gasteiger partial charge in [0.1, 0.15) is 5.54 Å². The molecule has 1 saturated heterocycles. The number of carbonyl (C=O) groups is 1. The standard InChI is InChI=1S/C16H30N2O2/c1-2-11-18-12-6-9-16(10-13-18,15(19)20)17-14-7-4-3-5-8-14/h14,17H,2-13H2,1H3,(H,19,20). The van der Waals surface area contributed by atoms with E-state index in [1.54, 1.807) is 0 Å². The third-order valence-corrected chi connectivity index (χ3v) is 4.97. The second kappa shape index (κ2) is 7.41. The van der Waals surface area contributed by atoms with E-state index in [4.69, 9.17) is 0 Å². The van der Waals surface area contributed by atoms with Gasteiger partial charge in [-0.1, -0.05) is 26.2 Å². The number of likely N-dealkylation sites (tertiary alicyclic amines) is 1. The molecule has 0 aromatic heterocycles. The van der Waals surface area contributed by atoms with Gasteiger partial charge >= 0.3 is 5.97 Å². The number of nitrogens with zero attached hydrogens (tertiary/aromatic N) is 1. The first-order valence-corrected chi connectivity index (χ1v) is 8.40. The molecule has 0 amide bonds. The molecule has 1 atom stereocenters. The molecule has 0 bridgehead atoms. The van der Waals surface area contributed by atoms with E-state index in [0.717, 1.165) is 58.2 Å². The van der Waals surface area contributed by atoms with Crippen molar-refractivity contribution in [2.24, 2.45) is 0 Å². The molecule has 20 heavy (non-hydrogen) atoms. The summed E-state index contributed by atoms with van der Waals surface area (Å²) in [7, 11) is 0. The normalized spacial score (nSPS) is 30.1. The van der Waals surface area contributed by atoms with Crippen LogP contribution in [0.2, 0.25) is 0 Å². The van der Waals surface area contributed by atoms with E-state index in [0.29, 0.717) is 6.04 Å². The maximum absolute atomic E-state index is 11.9. The molecule has 0 radical (unpaired) electrons. The highest BCUT2D eigenvalue weighted by molar-refractivity contribution is 5.79. The minimum absolute atomic E-state index is 0.414. The highest BCUT2D eigenvalue weighted by Gasteiger charge is 2.41. The number of carboxylic acids is 1. The van der Waals surface area contributed by atoms with Crippen LogP contribution in [-0.4, -0.2) is 47.2 Å². The van der Waals surface area contributed by atoms with Crippen molar-refractivity contribution in [3.8, 4) is 0 Å². The molecular formula is C16H30N2O2. The Kier molecular flexibility index (Phi) is 5.85. The largest absolute Gasteiger partial charge is 0.480 e. The van der Waals surface area contributed by atoms with Crippen molar-refractivity contribution in [1.29, 1.82) is 0 Å². The van der Waals surface area contributed by atoms with Gasteiger partial charge in [-0.05, 0) is 51.6 Å². The van der Waals surface area contributed by atoms with E-state index >= 15 is 0 Å². The van der Waals surface area contributed by atoms with Gasteiger partial charge in [0.2, 0.25) is 0 Å². The topological polar surface area (TPSA) is 52.6 Å². The lowest BCUT2D eigenvalue weighted by molar-refractivity contribution is -0.146. The molecular weight excluding hydrogens is 252 g/mol. The van der Waals surface area contributed by atoms with E-state index < -0.39 is 11.5 Å². The van der Waals surface area contributed by atoms with Crippen LogP contribution in [0.3, 0.4) is 0 Å². The molecule has 1 aliphatic carbocycles. The molecule has 2 N–H and O–H groups in total. The SMILES string of the molecule is CCCN1CCCC(NC2CCCCC2)(C(=O)O)CC1. The molecule has 1 heterocycles. The van der Waals surface area contributed by atoms with E-state index in [9.17, 15) is 9.90 Å². The fourth-order valence-electron chi connectivity index (χ4n) is 3.79. The summed E-state index contributed by atoms with van der Waals surface area (Å²) in [5.74, 6) is -0.638. The third-order valence-electron chi connectivity index (χ3n) is 4.97. The molecule has 0 spiro atoms. The average molecular weight is 282 g/mol. The zero-order valence-corrected chi connectivity index (χ0v) is 12.9. The van der Waals surface area contributed by atoms with Gasteiger partial charge < -0.3 is 10.0 Å². The van der Waals surface area contributed by atoms with Crippen molar-refractivity contribution in [2.45, 2.75) is 76.3 Å². The summed E-state index contributed by atoms with van der Waals surface area (Å²) in [4.78, 5) is 14.3. The van der Waals surface area contributed by atoms with Crippen LogP contribution < -0.4 is 5.32 Å². The summed E-state index contributed by atoms with van der Waals surface area (Å²) in [5, 5.41) is 13.3. The van der Waals surface area contributed by atoms with Gasteiger partial charge in [0.15, 0.2) is 0 Å². The third kappa shape index (κ3) is 3.95. The van der Waals surface area contributed by atoms with Crippen molar-refractivity contribution >= 4 is 5.97 Å². The Bertz CT molecular complexity index is 316. The smallest absolute Gasteiger partial charge is 0.323 e. The molecule has 2 rings (SSSR count). The Morgan fingerprint density at radius 2 is 1.95 bits per heavy atom. The van der Waals surface area contributed by atoms with Crippen LogP contribution in [0, 0.1) is 0 Å². The van der Waals surface area contributed by atoms with Crippen molar-refractivity contribution in [2.75, 3.05) is 19.6 Å². The molecule has 116 valence electrons. The van der Waals surface area contributed by atoms with Crippen LogP contribution in [0.5, 0.6) is 0 Å². The van der Waals surface area contributed by atoms with Crippen molar-refractivity contribution < 1.29 is 9.90 Å². The van der Waals surface area contributed by atoms with Crippen molar-refractivity contribution in [3.05, 3.63) is 0 Å². The molecule has 4 heteroatoms. The van der Waals surface area contributed by atoms with Crippen LogP contribution in [0.15, 0.2) is 0 Å². The van der Waals surface area contributed by atoms with Gasteiger partial charge in [0.05, 0.1) is 0 Å². The highest BCUT2D eigenvalue weighted by atomic mass is 16.4. The van der Waals surface area contributed by atoms with Crippen LogP contribution >= 0.6 is 0 Å². The van der Waals surface area contributed by atoms with Gasteiger partial charge in [0, 0.05) is 12.6 Å². The van der Waals surface area contributed by atoms with Gasteiger partial charge in [-0.15, -0.1) is 0 Å². The van der Waals surface area contributed by atoms with Crippen LogP contribution in [0.4, 0.5) is 0 Å². The lowest BCUT2D eigenvalue weighted by Crippen LogP contribution is -2.56. The summed E-state index contributed by atoms with van der Waals surface area (Å²) in [6.45, 7) is 5.25. The maximum Gasteiger partial charge on any atom is 0.323 e. The zero-order chi connectivity index (χ0) is 14.4. The second-order valence-electron chi connectivity index (χ2n) is 6.56. The predicted molar refractivity (Wildman–Crippen MR) is 81.0 cm³/mol. The summed E-state index contributed by atoms with van der Waals surface area (Å²) in [6, 6.07) is 0.414. The number of nitrogens with one attached hydrogen (secondary N) is 1. The summed E-state index contributed by atoms with van der Waals surface area (Å²) < 4.78 is 0. The molecule has 2 fully saturated rings. The van der Waals surface area contributed by atoms with Crippen LogP contribution in [0.25, 0.3) is 0 Å². The first-order chi connectivity index (χ1) is 9.66. The summed E-state index contributed by atoms with van der Waals surface area (Å²) in [5.41, 5.74) is -0.676. The lowest BCUT2D eigenvalue weighted by Gasteiger charge is -2.35. The molecule has 1 saturated carbocycles. The van der Waals surface area contributed by atoms with Gasteiger partial charge in [-0.2, -0.15) is 0 Å². The van der Waals surface area contributed by atoms with Gasteiger partial charge in [-0.25, -0.2) is 0 Å². The van der Waals surface area contributed by atoms with Gasteiger partial charge in [0.25, 0.3) is 0 Å². The maximum atomic E-state index is 11.9. The van der Waals surface area contributed by atoms with Crippen molar-refractivity contribution in [3.63, 3.8) is 0 Å². The zero-order valence-electron chi connectivity index (χ0n) is 12.9.